The lowest BCUT2D eigenvalue weighted by Crippen LogP contribution is -2.04. The first-order valence-corrected chi connectivity index (χ1v) is 4.78. The molecular weight excluding hydrogens is 136 g/mol. The highest BCUT2D eigenvalue weighted by atomic mass is 28.2. The molecule has 1 aliphatic carbocycles. The van der Waals surface area contributed by atoms with E-state index >= 15 is 0 Å². The fraction of sp³-hybridized carbons (Fsp3) is 0.556. The normalized spacial score (nSPS) is 18.7. The molecule has 0 saturated heterocycles. The van der Waals surface area contributed by atoms with Crippen LogP contribution >= 0.6 is 0 Å². The highest BCUT2D eigenvalue weighted by molar-refractivity contribution is 6.45. The van der Waals surface area contributed by atoms with Crippen molar-refractivity contribution in [1.82, 2.24) is 0 Å². The summed E-state index contributed by atoms with van der Waals surface area (Å²) in [5.74, 6) is 0.704. The van der Waals surface area contributed by atoms with Crippen LogP contribution in [0.2, 0.25) is 5.04 Å². The predicted octanol–water partition coefficient (Wildman–Crippen LogP) is 2.61. The maximum atomic E-state index is 2.31. The van der Waals surface area contributed by atoms with E-state index in [1.165, 1.54) is 0 Å². The standard InChI is InChI=1S/C9H14Si/c1-9(2,3)10-7-6-8-4-5-8/h4-8H,1-3H3/b7-6+. The Morgan fingerprint density at radius 3 is 2.30 bits per heavy atom. The minimum atomic E-state index is 0.478. The second kappa shape index (κ2) is 2.75. The quantitative estimate of drug-likeness (QED) is 0.419. The second-order valence-electron chi connectivity index (χ2n) is 3.72. The molecule has 0 aromatic heterocycles. The minimum Gasteiger partial charge on any atom is -0.101 e. The van der Waals surface area contributed by atoms with Crippen molar-refractivity contribution in [3.63, 3.8) is 0 Å². The van der Waals surface area contributed by atoms with E-state index in [0.717, 1.165) is 9.52 Å². The Labute approximate surface area is 65.8 Å². The van der Waals surface area contributed by atoms with Gasteiger partial charge in [0, 0.05) is 5.92 Å². The first-order valence-electron chi connectivity index (χ1n) is 3.71. The van der Waals surface area contributed by atoms with Crippen LogP contribution in [0.1, 0.15) is 20.8 Å². The third kappa shape index (κ3) is 3.67. The average molecular weight is 150 g/mol. The SMILES string of the molecule is CC(C)(C)[Si]/C=C/C1C=C1. The van der Waals surface area contributed by atoms with Crippen LogP contribution in [0.15, 0.2) is 23.9 Å². The molecule has 1 heteroatoms. The lowest BCUT2D eigenvalue weighted by atomic mass is 10.3. The van der Waals surface area contributed by atoms with Gasteiger partial charge in [-0.15, -0.1) is 5.70 Å². The van der Waals surface area contributed by atoms with Crippen LogP contribution in [0.4, 0.5) is 0 Å². The molecule has 0 fully saturated rings. The van der Waals surface area contributed by atoms with E-state index in [0.29, 0.717) is 11.0 Å². The van der Waals surface area contributed by atoms with Gasteiger partial charge in [-0.05, 0) is 5.04 Å². The first-order chi connectivity index (χ1) is 4.58. The van der Waals surface area contributed by atoms with Crippen LogP contribution in [-0.4, -0.2) is 9.52 Å². The van der Waals surface area contributed by atoms with E-state index in [1.54, 1.807) is 0 Å². The molecule has 0 spiro atoms. The topological polar surface area (TPSA) is 0 Å². The largest absolute Gasteiger partial charge is 0.101 e. The Morgan fingerprint density at radius 2 is 1.90 bits per heavy atom. The van der Waals surface area contributed by atoms with Crippen LogP contribution in [0, 0.1) is 5.92 Å². The summed E-state index contributed by atoms with van der Waals surface area (Å²) in [6.07, 6.45) is 6.71. The highest BCUT2D eigenvalue weighted by Gasteiger charge is 2.09. The van der Waals surface area contributed by atoms with Crippen LogP contribution in [-0.2, 0) is 0 Å². The Hall–Kier alpha value is -0.303. The molecule has 10 heavy (non-hydrogen) atoms. The number of hydrogen-bond donors (Lipinski definition) is 0. The monoisotopic (exact) mass is 150 g/mol. The van der Waals surface area contributed by atoms with Gasteiger partial charge in [-0.2, -0.15) is 0 Å². The van der Waals surface area contributed by atoms with E-state index in [2.05, 4.69) is 44.7 Å². The van der Waals surface area contributed by atoms with Crippen LogP contribution < -0.4 is 0 Å². The number of hydrogen-bond acceptors (Lipinski definition) is 0. The summed E-state index contributed by atoms with van der Waals surface area (Å²) in [7, 11) is 0.954. The molecule has 54 valence electrons. The Kier molecular flexibility index (Phi) is 2.14. The fourth-order valence-corrected chi connectivity index (χ4v) is 1.42. The lowest BCUT2D eigenvalue weighted by molar-refractivity contribution is 0.758. The molecule has 0 aromatic carbocycles. The van der Waals surface area contributed by atoms with Crippen molar-refractivity contribution in [1.29, 1.82) is 0 Å². The van der Waals surface area contributed by atoms with Crippen molar-refractivity contribution in [3.05, 3.63) is 23.9 Å². The van der Waals surface area contributed by atoms with Crippen molar-refractivity contribution in [2.24, 2.45) is 5.92 Å². The zero-order chi connectivity index (χ0) is 7.61. The van der Waals surface area contributed by atoms with Crippen LogP contribution in [0.3, 0.4) is 0 Å². The van der Waals surface area contributed by atoms with Gasteiger partial charge in [0.1, 0.15) is 0 Å². The van der Waals surface area contributed by atoms with Gasteiger partial charge >= 0.3 is 0 Å². The summed E-state index contributed by atoms with van der Waals surface area (Å²) in [5.41, 5.74) is 2.31. The maximum Gasteiger partial charge on any atom is 0.0760 e. The Morgan fingerprint density at radius 1 is 1.30 bits per heavy atom. The van der Waals surface area contributed by atoms with E-state index < -0.39 is 0 Å². The summed E-state index contributed by atoms with van der Waals surface area (Å²) in [4.78, 5) is 0. The van der Waals surface area contributed by atoms with E-state index in [9.17, 15) is 0 Å². The average Bonchev–Trinajstić information content (AvgIpc) is 2.45. The molecule has 0 unspecified atom stereocenters. The van der Waals surface area contributed by atoms with Gasteiger partial charge in [-0.1, -0.05) is 39.0 Å². The van der Waals surface area contributed by atoms with Crippen molar-refractivity contribution in [3.8, 4) is 0 Å². The Balaban J connectivity index is 2.14. The molecule has 0 aromatic rings. The van der Waals surface area contributed by atoms with E-state index in [1.807, 2.05) is 0 Å². The molecule has 0 saturated carbocycles. The zero-order valence-electron chi connectivity index (χ0n) is 6.89. The molecule has 0 nitrogen and oxygen atoms in total. The third-order valence-corrected chi connectivity index (χ3v) is 2.47. The Bertz CT molecular complexity index is 154. The molecular formula is C9H14Si. The molecule has 1 rings (SSSR count). The minimum absolute atomic E-state index is 0.478. The zero-order valence-corrected chi connectivity index (χ0v) is 7.89. The lowest BCUT2D eigenvalue weighted by Gasteiger charge is -2.12. The fourth-order valence-electron chi connectivity index (χ4n) is 0.602. The molecule has 0 aliphatic heterocycles. The van der Waals surface area contributed by atoms with Crippen LogP contribution in [0.5, 0.6) is 0 Å². The summed E-state index contributed by atoms with van der Waals surface area (Å²) in [6.45, 7) is 6.82. The molecule has 0 atom stereocenters. The van der Waals surface area contributed by atoms with Crippen molar-refractivity contribution >= 4 is 9.52 Å². The van der Waals surface area contributed by atoms with Gasteiger partial charge < -0.3 is 0 Å². The molecule has 1 aliphatic rings. The maximum absolute atomic E-state index is 2.31. The third-order valence-electron chi connectivity index (χ3n) is 1.25. The van der Waals surface area contributed by atoms with Crippen molar-refractivity contribution < 1.29 is 0 Å². The molecule has 0 amide bonds. The van der Waals surface area contributed by atoms with Gasteiger partial charge in [0.05, 0.1) is 9.52 Å². The molecule has 0 heterocycles. The van der Waals surface area contributed by atoms with Crippen molar-refractivity contribution in [2.75, 3.05) is 0 Å². The first kappa shape index (κ1) is 7.80. The molecule has 0 N–H and O–H groups in total. The van der Waals surface area contributed by atoms with Gasteiger partial charge in [0.2, 0.25) is 0 Å². The number of rotatable bonds is 2. The second-order valence-corrected chi connectivity index (χ2v) is 5.84. The smallest absolute Gasteiger partial charge is 0.0760 e. The van der Waals surface area contributed by atoms with E-state index in [-0.39, 0.29) is 0 Å². The summed E-state index contributed by atoms with van der Waals surface area (Å²) >= 11 is 0. The summed E-state index contributed by atoms with van der Waals surface area (Å²) in [6, 6.07) is 0. The predicted molar refractivity (Wildman–Crippen MR) is 47.2 cm³/mol. The summed E-state index contributed by atoms with van der Waals surface area (Å²) < 4.78 is 0. The van der Waals surface area contributed by atoms with Crippen molar-refractivity contribution in [2.45, 2.75) is 25.8 Å². The highest BCUT2D eigenvalue weighted by Crippen LogP contribution is 2.22. The van der Waals surface area contributed by atoms with Gasteiger partial charge in [0.25, 0.3) is 0 Å². The van der Waals surface area contributed by atoms with Crippen LogP contribution in [0.25, 0.3) is 0 Å². The van der Waals surface area contributed by atoms with Gasteiger partial charge in [-0.3, -0.25) is 0 Å². The van der Waals surface area contributed by atoms with E-state index in [4.69, 9.17) is 0 Å². The van der Waals surface area contributed by atoms with Gasteiger partial charge in [0.15, 0.2) is 0 Å². The summed E-state index contributed by atoms with van der Waals surface area (Å²) in [5, 5.41) is 0.478. The van der Waals surface area contributed by atoms with Gasteiger partial charge in [-0.25, -0.2) is 0 Å². The molecule has 0 bridgehead atoms. The molecule has 2 radical (unpaired) electrons. The number of allylic oxidation sites excluding steroid dienone is 3.